The van der Waals surface area contributed by atoms with Gasteiger partial charge in [0.15, 0.2) is 0 Å². The van der Waals surface area contributed by atoms with Crippen LogP contribution in [0, 0.1) is 37.5 Å². The number of hydrogen-bond acceptors (Lipinski definition) is 12. The van der Waals surface area contributed by atoms with E-state index >= 15 is 0 Å². The Morgan fingerprint density at radius 2 is 0.641 bits per heavy atom. The summed E-state index contributed by atoms with van der Waals surface area (Å²) in [6.45, 7) is 0. The summed E-state index contributed by atoms with van der Waals surface area (Å²) in [5.41, 5.74) is 0.471. The number of hydrogen-bond donors (Lipinski definition) is 4. The summed E-state index contributed by atoms with van der Waals surface area (Å²) >= 11 is 19.8. The highest BCUT2D eigenvalue weighted by molar-refractivity contribution is 14.1. The number of anilines is 2. The van der Waals surface area contributed by atoms with Crippen molar-refractivity contribution < 1.29 is 22.7 Å². The molecule has 12 rings (SSSR count). The van der Waals surface area contributed by atoms with Crippen molar-refractivity contribution in [3.8, 4) is 22.7 Å². The molecule has 4 aliphatic rings. The Morgan fingerprint density at radius 3 is 0.989 bits per heavy atom. The van der Waals surface area contributed by atoms with Crippen LogP contribution < -0.4 is 61.4 Å². The van der Waals surface area contributed by atoms with Gasteiger partial charge in [-0.1, -0.05) is 67.8 Å². The third-order valence-electron chi connectivity index (χ3n) is 13.2. The van der Waals surface area contributed by atoms with Crippen LogP contribution in [0.3, 0.4) is 0 Å². The molecule has 4 aliphatic carbocycles. The van der Waals surface area contributed by atoms with Crippen LogP contribution in [0.5, 0.6) is 0 Å². The van der Waals surface area contributed by atoms with E-state index in [0.29, 0.717) is 16.5 Å². The monoisotopic (exact) mass is 1770 g/mol. The molecule has 0 radical (unpaired) electrons. The first kappa shape index (κ1) is 84.4. The lowest BCUT2D eigenvalue weighted by Gasteiger charge is -2.15. The SMILES string of the molecule is C.C.C.C.C.C.CN.CNc1cc(=O)n(-c2ccc(I)cc2F)c(=O)n1C1CC1.CNc1cc(=O)n(C2CC2)c(=O)n1-c1ccc(I)cc1F.CO.O=c1cc(Cl)n(-c2ccc(I)cc2F)c(=O)n1C1CC1.O=c1cc(Cl)n(C2CC2)c(=O)n1-c1ccc(I)cc1F. The lowest BCUT2D eigenvalue weighted by molar-refractivity contribution is 0.399. The van der Waals surface area contributed by atoms with Crippen molar-refractivity contribution in [2.45, 2.75) is 120 Å². The van der Waals surface area contributed by atoms with Gasteiger partial charge >= 0.3 is 22.8 Å². The predicted octanol–water partition coefficient (Wildman–Crippen LogP) is 12.7. The molecule has 5 N–H and O–H groups in total. The number of nitrogens with one attached hydrogen (secondary N) is 2. The van der Waals surface area contributed by atoms with Crippen LogP contribution in [0.1, 0.15) is 120 Å². The molecule has 4 aromatic heterocycles. The van der Waals surface area contributed by atoms with E-state index in [1.54, 1.807) is 44.4 Å². The number of aromatic nitrogens is 8. The molecule has 20 nitrogen and oxygen atoms in total. The molecule has 0 unspecified atom stereocenters. The molecule has 0 spiro atoms. The van der Waals surface area contributed by atoms with Crippen molar-refractivity contribution in [2.24, 2.45) is 5.73 Å². The van der Waals surface area contributed by atoms with Crippen LogP contribution in [0.2, 0.25) is 10.3 Å². The van der Waals surface area contributed by atoms with Crippen LogP contribution in [-0.2, 0) is 0 Å². The maximum Gasteiger partial charge on any atom is 0.337 e. The Morgan fingerprint density at radius 1 is 0.380 bits per heavy atom. The first-order chi connectivity index (χ1) is 41.0. The third-order valence-corrected chi connectivity index (χ3v) is 16.5. The van der Waals surface area contributed by atoms with Crippen molar-refractivity contribution in [3.63, 3.8) is 0 Å². The van der Waals surface area contributed by atoms with E-state index < -0.39 is 62.7 Å². The molecule has 4 heterocycles. The second kappa shape index (κ2) is 36.9. The zero-order valence-corrected chi connectivity index (χ0v) is 56.0. The molecule has 8 aromatic rings. The zero-order valence-electron chi connectivity index (χ0n) is 45.9. The number of aliphatic hydroxyl groups excluding tert-OH is 1. The summed E-state index contributed by atoms with van der Waals surface area (Å²) in [4.78, 5) is 98.1. The van der Waals surface area contributed by atoms with Crippen LogP contribution in [0.4, 0.5) is 29.2 Å². The van der Waals surface area contributed by atoms with Crippen molar-refractivity contribution in [3.05, 3.63) is 228 Å². The van der Waals surface area contributed by atoms with E-state index in [9.17, 15) is 55.9 Å². The fourth-order valence-corrected chi connectivity index (χ4v) is 11.2. The van der Waals surface area contributed by atoms with E-state index in [1.165, 1.54) is 79.9 Å². The fraction of sp³-hybridized carbons (Fsp3) is 0.355. The fourth-order valence-electron chi connectivity index (χ4n) is 8.78. The second-order valence-corrected chi connectivity index (χ2v) is 24.9. The molecule has 30 heteroatoms. The number of rotatable bonds is 10. The predicted molar refractivity (Wildman–Crippen MR) is 397 cm³/mol. The number of nitrogens with two attached hydrogens (primary N) is 1. The Balaban J connectivity index is 0.000000589. The van der Waals surface area contributed by atoms with Gasteiger partial charge in [-0.15, -0.1) is 0 Å². The maximum atomic E-state index is 14.2. The molecule has 4 aromatic carbocycles. The van der Waals surface area contributed by atoms with E-state index in [-0.39, 0.29) is 113 Å². The molecular formula is C62H77Cl2F4I4N11O9. The molecule has 0 aliphatic heterocycles. The summed E-state index contributed by atoms with van der Waals surface area (Å²) in [5.74, 6) is -1.50. The largest absolute Gasteiger partial charge is 0.400 e. The third kappa shape index (κ3) is 19.3. The summed E-state index contributed by atoms with van der Waals surface area (Å²) in [6, 6.07) is 22.7. The first-order valence-electron chi connectivity index (χ1n) is 26.1. The van der Waals surface area contributed by atoms with Gasteiger partial charge in [-0.05, 0) is 222 Å². The molecule has 4 fully saturated rings. The molecule has 0 saturated heterocycles. The van der Waals surface area contributed by atoms with Crippen molar-refractivity contribution >= 4 is 125 Å². The van der Waals surface area contributed by atoms with Crippen LogP contribution >= 0.6 is 114 Å². The minimum atomic E-state index is -0.628. The number of nitrogens with zero attached hydrogens (tertiary/aromatic N) is 8. The molecule has 4 saturated carbocycles. The summed E-state index contributed by atoms with van der Waals surface area (Å²) in [5, 5.41) is 12.7. The van der Waals surface area contributed by atoms with Crippen molar-refractivity contribution in [1.82, 2.24) is 36.5 Å². The number of benzene rings is 4. The van der Waals surface area contributed by atoms with Gasteiger partial charge in [-0.3, -0.25) is 37.4 Å². The quantitative estimate of drug-likeness (QED) is 0.0567. The van der Waals surface area contributed by atoms with Gasteiger partial charge in [0.05, 0.1) is 22.7 Å². The van der Waals surface area contributed by atoms with Gasteiger partial charge in [0, 0.05) is 83.9 Å². The van der Waals surface area contributed by atoms with Gasteiger partial charge in [-0.2, -0.15) is 0 Å². The smallest absolute Gasteiger partial charge is 0.337 e. The zero-order chi connectivity index (χ0) is 63.2. The van der Waals surface area contributed by atoms with Crippen molar-refractivity contribution in [2.75, 3.05) is 38.9 Å². The highest BCUT2D eigenvalue weighted by Crippen LogP contribution is 2.37. The molecule has 0 amide bonds. The van der Waals surface area contributed by atoms with Crippen LogP contribution in [0.15, 0.2) is 135 Å². The first-order valence-corrected chi connectivity index (χ1v) is 31.2. The Labute approximate surface area is 594 Å². The lowest BCUT2D eigenvalue weighted by atomic mass is 10.3. The molecular weight excluding hydrogens is 1700 g/mol. The van der Waals surface area contributed by atoms with E-state index in [0.717, 1.165) is 92.4 Å². The molecule has 504 valence electrons. The topological polar surface area (TPSA) is 246 Å². The van der Waals surface area contributed by atoms with Gasteiger partial charge < -0.3 is 21.5 Å². The molecule has 92 heavy (non-hydrogen) atoms. The molecule has 0 bridgehead atoms. The van der Waals surface area contributed by atoms with Crippen molar-refractivity contribution in [1.29, 1.82) is 0 Å². The highest BCUT2D eigenvalue weighted by Gasteiger charge is 2.32. The average Bonchev–Trinajstić information content (AvgIpc) is 1.78. The van der Waals surface area contributed by atoms with Gasteiger partial charge in [0.25, 0.3) is 22.2 Å². The molecule has 0 atom stereocenters. The lowest BCUT2D eigenvalue weighted by Crippen LogP contribution is -2.39. The Bertz CT molecular complexity index is 4380. The van der Waals surface area contributed by atoms with E-state index in [1.807, 2.05) is 90.4 Å². The Hall–Kier alpha value is -5.66. The summed E-state index contributed by atoms with van der Waals surface area (Å²) in [7, 11) is 5.75. The summed E-state index contributed by atoms with van der Waals surface area (Å²) < 4.78 is 68.4. The Kier molecular flexibility index (Phi) is 33.8. The van der Waals surface area contributed by atoms with Gasteiger partial charge in [-0.25, -0.2) is 55.0 Å². The standard InChI is InChI=1S/2C14H13FIN3O2.2C13H9ClFIN2O2.CH5N.CH4O.6CH4/c1-17-12-7-13(20)18(9-3-4-9)14(21)19(12)11-5-2-8(16)6-10(11)15;1-17-12-7-13(20)19(14(21)18(12)9-3-4-9)11-5-2-8(16)6-10(11)15;14-11-6-12(19)17(8-2-3-8)13(20)18(11)10-4-1-7(16)5-9(10)15;14-11-6-12(19)18(13(20)17(11)8-2-3-8)10-4-1-7(16)5-9(10)15;2*1-2;;;;;;/h2*2,5-7,9,17H,3-4H2,1H3;2*1,4-6,8H,2-3H2;2H2,1H3;2H,1H3;6*1H4. The minimum Gasteiger partial charge on any atom is -0.400 e. The number of halogens is 10. The van der Waals surface area contributed by atoms with E-state index in [2.05, 4.69) is 16.4 Å². The minimum absolute atomic E-state index is 0. The summed E-state index contributed by atoms with van der Waals surface area (Å²) in [6.07, 6.45) is 6.65. The average molecular weight is 1770 g/mol. The highest BCUT2D eigenvalue weighted by atomic mass is 127. The van der Waals surface area contributed by atoms with Gasteiger partial charge in [0.2, 0.25) is 0 Å². The van der Waals surface area contributed by atoms with Crippen LogP contribution in [0.25, 0.3) is 22.7 Å². The van der Waals surface area contributed by atoms with Crippen LogP contribution in [-0.4, -0.2) is 69.9 Å². The second-order valence-electron chi connectivity index (χ2n) is 19.1. The number of aliphatic hydroxyl groups is 1. The van der Waals surface area contributed by atoms with Gasteiger partial charge in [0.1, 0.15) is 45.2 Å². The maximum absolute atomic E-state index is 14.2. The van der Waals surface area contributed by atoms with E-state index in [4.69, 9.17) is 28.3 Å². The normalized spacial score (nSPS) is 13.0.